The quantitative estimate of drug-likeness (QED) is 0.162. The molecular formula is C59H36N4O. The fourth-order valence-electron chi connectivity index (χ4n) is 10.3. The van der Waals surface area contributed by atoms with Gasteiger partial charge in [0.05, 0.1) is 39.4 Å². The maximum atomic E-state index is 6.66. The first-order valence-electron chi connectivity index (χ1n) is 21.6. The van der Waals surface area contributed by atoms with Crippen molar-refractivity contribution in [3.63, 3.8) is 0 Å². The van der Waals surface area contributed by atoms with Gasteiger partial charge in [-0.3, -0.25) is 9.97 Å². The summed E-state index contributed by atoms with van der Waals surface area (Å²) in [5, 5.41) is 3.43. The molecule has 4 aromatic heterocycles. The lowest BCUT2D eigenvalue weighted by molar-refractivity contribution is 0.436. The Kier molecular flexibility index (Phi) is 8.06. The van der Waals surface area contributed by atoms with Crippen molar-refractivity contribution in [2.24, 2.45) is 0 Å². The highest BCUT2D eigenvalue weighted by Gasteiger charge is 2.51. The molecule has 0 N–H and O–H groups in total. The highest BCUT2D eigenvalue weighted by atomic mass is 16.5. The van der Waals surface area contributed by atoms with Gasteiger partial charge in [-0.25, -0.2) is 9.97 Å². The maximum absolute atomic E-state index is 6.66. The van der Waals surface area contributed by atoms with Crippen molar-refractivity contribution in [1.29, 1.82) is 0 Å². The van der Waals surface area contributed by atoms with E-state index in [2.05, 4.69) is 180 Å². The first kappa shape index (κ1) is 36.1. The van der Waals surface area contributed by atoms with E-state index in [1.165, 1.54) is 27.6 Å². The normalized spacial score (nSPS) is 12.9. The Morgan fingerprint density at radius 2 is 0.938 bits per heavy atom. The van der Waals surface area contributed by atoms with Gasteiger partial charge in [0.1, 0.15) is 11.5 Å². The average molecular weight is 817 g/mol. The smallest absolute Gasteiger partial charge is 0.132 e. The minimum absolute atomic E-state index is 0.582. The summed E-state index contributed by atoms with van der Waals surface area (Å²) in [6.07, 6.45) is 3.61. The molecule has 1 aliphatic carbocycles. The Balaban J connectivity index is 1.03. The summed E-state index contributed by atoms with van der Waals surface area (Å²) in [5.41, 5.74) is 17.3. The number of ether oxygens (including phenoxy) is 1. The van der Waals surface area contributed by atoms with Crippen LogP contribution in [0.15, 0.2) is 219 Å². The van der Waals surface area contributed by atoms with Gasteiger partial charge in [0.15, 0.2) is 0 Å². The van der Waals surface area contributed by atoms with Crippen molar-refractivity contribution in [3.8, 4) is 78.9 Å². The largest absolute Gasteiger partial charge is 0.457 e. The Bertz CT molecular complexity index is 3520. The van der Waals surface area contributed by atoms with Gasteiger partial charge in [0.25, 0.3) is 0 Å². The zero-order valence-electron chi connectivity index (χ0n) is 34.5. The van der Waals surface area contributed by atoms with Crippen LogP contribution in [-0.4, -0.2) is 19.9 Å². The molecular weight excluding hydrogens is 781 g/mol. The molecule has 0 radical (unpaired) electrons. The van der Waals surface area contributed by atoms with E-state index in [0.29, 0.717) is 0 Å². The van der Waals surface area contributed by atoms with Crippen LogP contribution in [-0.2, 0) is 5.41 Å². The van der Waals surface area contributed by atoms with Gasteiger partial charge < -0.3 is 4.74 Å². The standard InChI is InChI=1S/C59H36N4O/c1-2-14-39(15-3-1)58-43-29-30-48-57(42-16-4-5-17-45(42)59(48)46-18-6-8-22-54(46)64-55-23-9-7-19-47(55)59)56(43)44-34-40(28-31-49(44)63-58)37-24-26-38(27-25-37)41-35-52(50-20-10-12-32-60-50)62-53(36-41)51-21-11-13-33-61-51/h1-36H. The third-order valence-corrected chi connectivity index (χ3v) is 13.0. The third-order valence-electron chi connectivity index (χ3n) is 13.0. The van der Waals surface area contributed by atoms with Gasteiger partial charge in [0, 0.05) is 45.2 Å². The minimum Gasteiger partial charge on any atom is -0.457 e. The fourth-order valence-corrected chi connectivity index (χ4v) is 10.3. The van der Waals surface area contributed by atoms with Crippen LogP contribution < -0.4 is 4.74 Å². The van der Waals surface area contributed by atoms with E-state index >= 15 is 0 Å². The first-order valence-corrected chi connectivity index (χ1v) is 21.6. The van der Waals surface area contributed by atoms with Gasteiger partial charge in [-0.05, 0) is 105 Å². The predicted molar refractivity (Wildman–Crippen MR) is 257 cm³/mol. The average Bonchev–Trinajstić information content (AvgIpc) is 3.67. The van der Waals surface area contributed by atoms with E-state index in [1.54, 1.807) is 12.4 Å². The molecule has 64 heavy (non-hydrogen) atoms. The predicted octanol–water partition coefficient (Wildman–Crippen LogP) is 14.4. The molecule has 0 saturated heterocycles. The molecule has 1 spiro atoms. The molecule has 11 aromatic rings. The summed E-state index contributed by atoms with van der Waals surface area (Å²) in [6, 6.07) is 73.0. The molecule has 0 atom stereocenters. The van der Waals surface area contributed by atoms with Gasteiger partial charge in [0.2, 0.25) is 0 Å². The van der Waals surface area contributed by atoms with Crippen molar-refractivity contribution < 1.29 is 4.74 Å². The molecule has 5 heteroatoms. The molecule has 0 fully saturated rings. The van der Waals surface area contributed by atoms with Crippen LogP contribution in [0, 0.1) is 0 Å². The fraction of sp³-hybridized carbons (Fsp3) is 0.0169. The topological polar surface area (TPSA) is 60.8 Å². The molecule has 298 valence electrons. The van der Waals surface area contributed by atoms with Crippen molar-refractivity contribution in [1.82, 2.24) is 19.9 Å². The van der Waals surface area contributed by atoms with E-state index < -0.39 is 5.41 Å². The summed E-state index contributed by atoms with van der Waals surface area (Å²) in [4.78, 5) is 19.7. The molecule has 13 rings (SSSR count). The summed E-state index contributed by atoms with van der Waals surface area (Å²) < 4.78 is 6.66. The number of fused-ring (bicyclic) bond motifs is 13. The molecule has 2 aliphatic rings. The summed E-state index contributed by atoms with van der Waals surface area (Å²) in [6.45, 7) is 0. The Morgan fingerprint density at radius 3 is 1.59 bits per heavy atom. The van der Waals surface area contributed by atoms with Crippen LogP contribution in [0.4, 0.5) is 0 Å². The number of para-hydroxylation sites is 2. The van der Waals surface area contributed by atoms with Gasteiger partial charge in [-0.1, -0.05) is 146 Å². The zero-order valence-corrected chi connectivity index (χ0v) is 34.5. The number of pyridine rings is 4. The van der Waals surface area contributed by atoms with Crippen LogP contribution >= 0.6 is 0 Å². The van der Waals surface area contributed by atoms with E-state index in [1.807, 2.05) is 36.4 Å². The van der Waals surface area contributed by atoms with E-state index in [-0.39, 0.29) is 0 Å². The number of hydrogen-bond donors (Lipinski definition) is 0. The number of rotatable bonds is 5. The SMILES string of the molecule is c1ccc(-c2nc3ccc(-c4ccc(-c5cc(-c6ccccn6)nc(-c6ccccn6)c5)cc4)cc3c3c4c(ccc23)C2(c3ccccc3Oc3ccccc32)c2ccccc2-4)cc1. The third kappa shape index (κ3) is 5.44. The maximum Gasteiger partial charge on any atom is 0.132 e. The van der Waals surface area contributed by atoms with Crippen LogP contribution in [0.5, 0.6) is 11.5 Å². The van der Waals surface area contributed by atoms with Crippen molar-refractivity contribution in [2.75, 3.05) is 0 Å². The number of hydrogen-bond acceptors (Lipinski definition) is 5. The molecule has 0 saturated carbocycles. The molecule has 5 heterocycles. The molecule has 1 aliphatic heterocycles. The van der Waals surface area contributed by atoms with Gasteiger partial charge in [-0.2, -0.15) is 0 Å². The van der Waals surface area contributed by atoms with Crippen LogP contribution in [0.2, 0.25) is 0 Å². The van der Waals surface area contributed by atoms with Gasteiger partial charge in [-0.15, -0.1) is 0 Å². The summed E-state index contributed by atoms with van der Waals surface area (Å²) >= 11 is 0. The molecule has 5 nitrogen and oxygen atoms in total. The van der Waals surface area contributed by atoms with Gasteiger partial charge >= 0.3 is 0 Å². The van der Waals surface area contributed by atoms with E-state index in [0.717, 1.165) is 95.2 Å². The lowest BCUT2D eigenvalue weighted by Crippen LogP contribution is -2.32. The molecule has 0 amide bonds. The second-order valence-corrected chi connectivity index (χ2v) is 16.5. The second kappa shape index (κ2) is 14.3. The minimum atomic E-state index is -0.582. The van der Waals surface area contributed by atoms with Crippen molar-refractivity contribution in [3.05, 3.63) is 241 Å². The number of aromatic nitrogens is 4. The Hall–Kier alpha value is -8.54. The lowest BCUT2D eigenvalue weighted by Gasteiger charge is -2.39. The van der Waals surface area contributed by atoms with E-state index in [4.69, 9.17) is 14.7 Å². The zero-order chi connectivity index (χ0) is 42.2. The number of nitrogens with zero attached hydrogens (tertiary/aromatic N) is 4. The van der Waals surface area contributed by atoms with Crippen molar-refractivity contribution >= 4 is 21.7 Å². The molecule has 7 aromatic carbocycles. The Morgan fingerprint density at radius 1 is 0.359 bits per heavy atom. The highest BCUT2D eigenvalue weighted by Crippen LogP contribution is 2.63. The summed E-state index contributed by atoms with van der Waals surface area (Å²) in [7, 11) is 0. The molecule has 0 bridgehead atoms. The van der Waals surface area contributed by atoms with Crippen molar-refractivity contribution in [2.45, 2.75) is 5.41 Å². The first-order chi connectivity index (χ1) is 31.7. The van der Waals surface area contributed by atoms with E-state index in [9.17, 15) is 0 Å². The summed E-state index contributed by atoms with van der Waals surface area (Å²) in [5.74, 6) is 1.76. The van der Waals surface area contributed by atoms with Crippen LogP contribution in [0.25, 0.3) is 89.1 Å². The highest BCUT2D eigenvalue weighted by molar-refractivity contribution is 6.20. The van der Waals surface area contributed by atoms with Crippen LogP contribution in [0.1, 0.15) is 22.3 Å². The lowest BCUT2D eigenvalue weighted by atomic mass is 9.66. The Labute approximate surface area is 370 Å². The number of benzene rings is 7. The molecule has 0 unspecified atom stereocenters. The second-order valence-electron chi connectivity index (χ2n) is 16.5. The van der Waals surface area contributed by atoms with Crippen LogP contribution in [0.3, 0.4) is 0 Å². The monoisotopic (exact) mass is 816 g/mol.